The fourth-order valence-corrected chi connectivity index (χ4v) is 2.79. The molecule has 0 fully saturated rings. The van der Waals surface area contributed by atoms with Crippen molar-refractivity contribution in [3.8, 4) is 0 Å². The van der Waals surface area contributed by atoms with Crippen LogP contribution in [-0.4, -0.2) is 25.1 Å². The number of benzene rings is 1. The highest BCUT2D eigenvalue weighted by Gasteiger charge is 2.33. The first kappa shape index (κ1) is 18.5. The van der Waals surface area contributed by atoms with Crippen LogP contribution < -0.4 is 5.32 Å². The third kappa shape index (κ3) is 3.94. The van der Waals surface area contributed by atoms with Crippen LogP contribution >= 0.6 is 22.6 Å². The van der Waals surface area contributed by atoms with Gasteiger partial charge in [-0.2, -0.15) is 18.3 Å². The van der Waals surface area contributed by atoms with Crippen LogP contribution in [0.2, 0.25) is 0 Å². The molecule has 10 heteroatoms. The molecule has 0 radical (unpaired) electrons. The van der Waals surface area contributed by atoms with Gasteiger partial charge in [-0.3, -0.25) is 9.48 Å². The Morgan fingerprint density at radius 3 is 2.73 bits per heavy atom. The molecule has 0 atom stereocenters. The van der Waals surface area contributed by atoms with Gasteiger partial charge in [0.1, 0.15) is 17.2 Å². The number of nitrogens with one attached hydrogen (secondary N) is 1. The molecule has 0 aliphatic rings. The van der Waals surface area contributed by atoms with Crippen molar-refractivity contribution in [2.24, 2.45) is 0 Å². The lowest BCUT2D eigenvalue weighted by molar-refractivity contribution is -0.141. The lowest BCUT2D eigenvalue weighted by Crippen LogP contribution is -2.17. The molecular formula is C16H11F4IN4O. The number of hydrogen-bond acceptors (Lipinski definition) is 3. The number of aryl methyl sites for hydroxylation is 1. The predicted molar refractivity (Wildman–Crippen MR) is 95.8 cm³/mol. The fraction of sp³-hybridized carbons (Fsp3) is 0.188. The quantitative estimate of drug-likeness (QED) is 0.346. The van der Waals surface area contributed by atoms with Crippen LogP contribution in [0.15, 0.2) is 36.5 Å². The number of anilines is 1. The second-order valence-corrected chi connectivity index (χ2v) is 6.41. The summed E-state index contributed by atoms with van der Waals surface area (Å²) in [6.45, 7) is 0.646. The monoisotopic (exact) mass is 478 g/mol. The van der Waals surface area contributed by atoms with E-state index in [2.05, 4.69) is 38.0 Å². The summed E-state index contributed by atoms with van der Waals surface area (Å²) in [5, 5.41) is 7.06. The first-order valence-corrected chi connectivity index (χ1v) is 8.89. The number of rotatable bonds is 4. The minimum atomic E-state index is -4.67. The first-order valence-electron chi connectivity index (χ1n) is 7.36. The largest absolute Gasteiger partial charge is 0.433 e. The van der Waals surface area contributed by atoms with E-state index in [1.165, 1.54) is 6.07 Å². The number of carbonyl (C=O) groups is 1. The second-order valence-electron chi connectivity index (χ2n) is 5.33. The lowest BCUT2D eigenvalue weighted by Gasteiger charge is -2.09. The molecule has 0 saturated carbocycles. The number of hydrogen-bond donors (Lipinski definition) is 1. The molecule has 1 N–H and O–H groups in total. The maximum atomic E-state index is 14.2. The van der Waals surface area contributed by atoms with Gasteiger partial charge in [0, 0.05) is 28.6 Å². The number of carbonyl (C=O) groups excluding carboxylic acids is 1. The Kier molecular flexibility index (Phi) is 5.12. The topological polar surface area (TPSA) is 59.8 Å². The maximum absolute atomic E-state index is 14.2. The van der Waals surface area contributed by atoms with Crippen LogP contribution in [0, 0.1) is 5.82 Å². The summed E-state index contributed by atoms with van der Waals surface area (Å²) in [4.78, 5) is 15.4. The molecule has 1 aromatic carbocycles. The maximum Gasteiger partial charge on any atom is 0.433 e. The van der Waals surface area contributed by atoms with E-state index in [0.717, 1.165) is 28.7 Å². The molecule has 3 rings (SSSR count). The summed E-state index contributed by atoms with van der Waals surface area (Å²) in [5.74, 6) is -1.67. The zero-order valence-corrected chi connectivity index (χ0v) is 15.2. The average Bonchev–Trinajstić information content (AvgIpc) is 2.96. The van der Waals surface area contributed by atoms with E-state index in [9.17, 15) is 22.4 Å². The molecule has 136 valence electrons. The van der Waals surface area contributed by atoms with Crippen LogP contribution in [0.4, 0.5) is 23.2 Å². The Morgan fingerprint density at radius 1 is 1.27 bits per heavy atom. The summed E-state index contributed by atoms with van der Waals surface area (Å²) < 4.78 is 54.8. The Bertz CT molecular complexity index is 971. The molecule has 26 heavy (non-hydrogen) atoms. The van der Waals surface area contributed by atoms with Crippen LogP contribution in [0.1, 0.15) is 16.2 Å². The minimum Gasteiger partial charge on any atom is -0.318 e. The number of nitrogens with zero attached hydrogens (tertiary/aromatic N) is 3. The van der Waals surface area contributed by atoms with Gasteiger partial charge in [0.15, 0.2) is 0 Å². The summed E-state index contributed by atoms with van der Waals surface area (Å²) >= 11 is 2.18. The number of aromatic nitrogens is 3. The number of pyridine rings is 1. The minimum absolute atomic E-state index is 0.157. The zero-order chi connectivity index (χ0) is 18.9. The van der Waals surface area contributed by atoms with E-state index >= 15 is 0 Å². The summed E-state index contributed by atoms with van der Waals surface area (Å²) in [7, 11) is 0. The van der Waals surface area contributed by atoms with E-state index in [-0.39, 0.29) is 5.69 Å². The summed E-state index contributed by atoms with van der Waals surface area (Å²) in [6.07, 6.45) is -2.97. The van der Waals surface area contributed by atoms with Gasteiger partial charge in [0.25, 0.3) is 5.91 Å². The average molecular weight is 478 g/mol. The molecular weight excluding hydrogens is 467 g/mol. The standard InChI is InChI=1S/C16H11F4IN4O/c17-10-7-12-9(8-25(24-12)5-4-21)6-13(10)23-15(26)11-2-1-3-14(22-11)16(18,19)20/h1-3,6-8H,4-5H2,(H,23,26). The Morgan fingerprint density at radius 2 is 2.04 bits per heavy atom. The van der Waals surface area contributed by atoms with Crippen molar-refractivity contribution in [3.63, 3.8) is 0 Å². The van der Waals surface area contributed by atoms with Gasteiger partial charge >= 0.3 is 6.18 Å². The second kappa shape index (κ2) is 7.17. The smallest absolute Gasteiger partial charge is 0.318 e. The van der Waals surface area contributed by atoms with E-state index in [0.29, 0.717) is 17.4 Å². The van der Waals surface area contributed by atoms with Crippen LogP contribution in [-0.2, 0) is 12.7 Å². The molecule has 0 aliphatic carbocycles. The van der Waals surface area contributed by atoms with Gasteiger partial charge in [-0.05, 0) is 18.2 Å². The van der Waals surface area contributed by atoms with Gasteiger partial charge in [-0.1, -0.05) is 28.7 Å². The van der Waals surface area contributed by atoms with Gasteiger partial charge in [0.2, 0.25) is 0 Å². The van der Waals surface area contributed by atoms with Crippen molar-refractivity contribution in [1.82, 2.24) is 14.8 Å². The van der Waals surface area contributed by atoms with Crippen LogP contribution in [0.25, 0.3) is 10.9 Å². The molecule has 5 nitrogen and oxygen atoms in total. The highest BCUT2D eigenvalue weighted by Crippen LogP contribution is 2.28. The fourth-order valence-electron chi connectivity index (χ4n) is 2.30. The van der Waals surface area contributed by atoms with E-state index in [1.54, 1.807) is 10.9 Å². The van der Waals surface area contributed by atoms with E-state index in [1.807, 2.05) is 0 Å². The normalized spacial score (nSPS) is 11.7. The number of alkyl halides is 4. The number of halogens is 5. The Hall–Kier alpha value is -2.24. The van der Waals surface area contributed by atoms with Crippen molar-refractivity contribution < 1.29 is 22.4 Å². The molecule has 0 unspecified atom stereocenters. The van der Waals surface area contributed by atoms with Crippen molar-refractivity contribution in [2.75, 3.05) is 9.74 Å². The Labute approximate surface area is 158 Å². The van der Waals surface area contributed by atoms with Gasteiger partial charge < -0.3 is 5.32 Å². The van der Waals surface area contributed by atoms with Crippen molar-refractivity contribution in [1.29, 1.82) is 0 Å². The van der Waals surface area contributed by atoms with Crippen molar-refractivity contribution >= 4 is 45.1 Å². The highest BCUT2D eigenvalue weighted by atomic mass is 127. The zero-order valence-electron chi connectivity index (χ0n) is 13.0. The first-order chi connectivity index (χ1) is 12.3. The molecule has 3 aromatic rings. The lowest BCUT2D eigenvalue weighted by atomic mass is 10.2. The van der Waals surface area contributed by atoms with E-state index < -0.39 is 29.3 Å². The van der Waals surface area contributed by atoms with Crippen molar-refractivity contribution in [2.45, 2.75) is 12.7 Å². The molecule has 1 amide bonds. The third-order valence-corrected chi connectivity index (χ3v) is 3.96. The SMILES string of the molecule is O=C(Nc1cc2cn(CCI)nc2cc1F)c1cccc(C(F)(F)F)n1. The predicted octanol–water partition coefficient (Wildman–Crippen LogP) is 4.28. The molecule has 2 heterocycles. The molecule has 0 spiro atoms. The molecule has 0 bridgehead atoms. The van der Waals surface area contributed by atoms with Gasteiger partial charge in [0.05, 0.1) is 11.2 Å². The highest BCUT2D eigenvalue weighted by molar-refractivity contribution is 14.1. The van der Waals surface area contributed by atoms with Gasteiger partial charge in [-0.25, -0.2) is 9.37 Å². The van der Waals surface area contributed by atoms with Crippen LogP contribution in [0.3, 0.4) is 0 Å². The van der Waals surface area contributed by atoms with E-state index in [4.69, 9.17) is 0 Å². The van der Waals surface area contributed by atoms with Crippen molar-refractivity contribution in [3.05, 3.63) is 53.7 Å². The third-order valence-electron chi connectivity index (χ3n) is 3.47. The molecule has 0 aliphatic heterocycles. The molecule has 2 aromatic heterocycles. The molecule has 0 saturated heterocycles. The summed E-state index contributed by atoms with van der Waals surface area (Å²) in [5.41, 5.74) is -1.39. The summed E-state index contributed by atoms with van der Waals surface area (Å²) in [6, 6.07) is 5.49. The Balaban J connectivity index is 1.88. The van der Waals surface area contributed by atoms with Crippen LogP contribution in [0.5, 0.6) is 0 Å². The number of amides is 1. The number of fused-ring (bicyclic) bond motifs is 1. The van der Waals surface area contributed by atoms with Gasteiger partial charge in [-0.15, -0.1) is 0 Å².